The topological polar surface area (TPSA) is 74.5 Å². The van der Waals surface area contributed by atoms with Gasteiger partial charge in [0, 0.05) is 57.2 Å². The van der Waals surface area contributed by atoms with Gasteiger partial charge in [-0.05, 0) is 18.9 Å². The van der Waals surface area contributed by atoms with Gasteiger partial charge in [0.2, 0.25) is 0 Å². The highest BCUT2D eigenvalue weighted by Crippen LogP contribution is 2.27. The number of pyridine rings is 1. The average Bonchev–Trinajstić information content (AvgIpc) is 3.03. The van der Waals surface area contributed by atoms with Crippen LogP contribution >= 0.6 is 0 Å². The second-order valence-electron chi connectivity index (χ2n) is 8.92. The molecule has 0 aliphatic carbocycles. The highest BCUT2D eigenvalue weighted by molar-refractivity contribution is 5.79. The Labute approximate surface area is 166 Å². The van der Waals surface area contributed by atoms with Crippen molar-refractivity contribution in [3.8, 4) is 0 Å². The Morgan fingerprint density at radius 2 is 1.96 bits per heavy atom. The van der Waals surface area contributed by atoms with Crippen molar-refractivity contribution >= 4 is 16.7 Å². The molecule has 2 aromatic heterocycles. The summed E-state index contributed by atoms with van der Waals surface area (Å²) in [6, 6.07) is 2.43. The Morgan fingerprint density at radius 3 is 2.64 bits per heavy atom. The van der Waals surface area contributed by atoms with E-state index in [1.54, 1.807) is 10.8 Å². The summed E-state index contributed by atoms with van der Waals surface area (Å²) in [5, 5.41) is 10.3. The van der Waals surface area contributed by atoms with Crippen molar-refractivity contribution in [1.82, 2.24) is 19.4 Å². The predicted octanol–water partition coefficient (Wildman–Crippen LogP) is 1.66. The number of hydrogen-bond acceptors (Lipinski definition) is 6. The lowest BCUT2D eigenvalue weighted by Crippen LogP contribution is -2.38. The van der Waals surface area contributed by atoms with Gasteiger partial charge in [-0.15, -0.1) is 0 Å². The van der Waals surface area contributed by atoms with Crippen LogP contribution in [0.3, 0.4) is 0 Å². The van der Waals surface area contributed by atoms with Crippen LogP contribution in [0.4, 0.5) is 5.82 Å². The third-order valence-electron chi connectivity index (χ3n) is 6.18. The Kier molecular flexibility index (Phi) is 5.14. The van der Waals surface area contributed by atoms with Crippen LogP contribution in [0, 0.1) is 5.41 Å². The summed E-state index contributed by atoms with van der Waals surface area (Å²) in [7, 11) is 0. The average molecular weight is 386 g/mol. The van der Waals surface area contributed by atoms with Crippen LogP contribution in [-0.4, -0.2) is 63.4 Å². The zero-order valence-electron chi connectivity index (χ0n) is 17.2. The maximum Gasteiger partial charge on any atom is 0.261 e. The molecule has 0 spiro atoms. The Hall–Kier alpha value is -1.99. The molecule has 5 rings (SSSR count). The zero-order valence-corrected chi connectivity index (χ0v) is 17.2. The highest BCUT2D eigenvalue weighted by Gasteiger charge is 2.30. The number of aliphatic hydroxyl groups excluding tert-OH is 1. The number of rotatable bonds is 5. The first-order valence-electron chi connectivity index (χ1n) is 10.4. The van der Waals surface area contributed by atoms with E-state index < -0.39 is 0 Å². The summed E-state index contributed by atoms with van der Waals surface area (Å²) >= 11 is 0. The molecule has 0 amide bonds. The third-order valence-corrected chi connectivity index (χ3v) is 6.18. The quantitative estimate of drug-likeness (QED) is 0.844. The molecular formula is C21H31N5O2. The van der Waals surface area contributed by atoms with E-state index in [0.717, 1.165) is 50.7 Å². The van der Waals surface area contributed by atoms with Crippen LogP contribution in [0.25, 0.3) is 10.9 Å². The molecule has 0 radical (unpaired) electrons. The van der Waals surface area contributed by atoms with E-state index in [-0.39, 0.29) is 17.6 Å². The molecule has 7 nitrogen and oxygen atoms in total. The number of aromatic nitrogens is 3. The first kappa shape index (κ1) is 19.3. The molecule has 2 aromatic rings. The number of hydrogen-bond donors (Lipinski definition) is 1. The SMILES string of the molecule is CCc1nc2cnc(N3CCN4CCC3CC4)cc2c(=O)n1CC(C)(C)CO. The maximum absolute atomic E-state index is 13.4. The lowest BCUT2D eigenvalue weighted by atomic mass is 9.94. The van der Waals surface area contributed by atoms with E-state index in [2.05, 4.69) is 14.8 Å². The molecule has 3 aliphatic heterocycles. The maximum atomic E-state index is 13.4. The molecule has 3 saturated heterocycles. The molecule has 2 bridgehead atoms. The minimum atomic E-state index is -0.378. The normalized spacial score (nSPS) is 22.6. The number of fused-ring (bicyclic) bond motifs is 5. The summed E-state index contributed by atoms with van der Waals surface area (Å²) < 4.78 is 1.74. The fraction of sp³-hybridized carbons (Fsp3) is 0.667. The highest BCUT2D eigenvalue weighted by atomic mass is 16.3. The number of piperidine rings is 1. The smallest absolute Gasteiger partial charge is 0.261 e. The minimum absolute atomic E-state index is 0.0220. The summed E-state index contributed by atoms with van der Waals surface area (Å²) in [6.45, 7) is 10.7. The second-order valence-corrected chi connectivity index (χ2v) is 8.92. The predicted molar refractivity (Wildman–Crippen MR) is 111 cm³/mol. The molecule has 152 valence electrons. The van der Waals surface area contributed by atoms with Crippen LogP contribution in [0.5, 0.6) is 0 Å². The first-order chi connectivity index (χ1) is 13.4. The van der Waals surface area contributed by atoms with E-state index in [4.69, 9.17) is 4.98 Å². The van der Waals surface area contributed by atoms with Crippen LogP contribution in [0.15, 0.2) is 17.1 Å². The van der Waals surface area contributed by atoms with E-state index in [0.29, 0.717) is 29.9 Å². The van der Waals surface area contributed by atoms with Crippen molar-refractivity contribution in [1.29, 1.82) is 0 Å². The zero-order chi connectivity index (χ0) is 19.9. The van der Waals surface area contributed by atoms with Crippen LogP contribution in [-0.2, 0) is 13.0 Å². The summed E-state index contributed by atoms with van der Waals surface area (Å²) in [5.74, 6) is 1.63. The second kappa shape index (κ2) is 7.44. The molecule has 3 aliphatic rings. The fourth-order valence-corrected chi connectivity index (χ4v) is 4.42. The van der Waals surface area contributed by atoms with Crippen LogP contribution in [0.2, 0.25) is 0 Å². The largest absolute Gasteiger partial charge is 0.396 e. The van der Waals surface area contributed by atoms with Gasteiger partial charge in [-0.3, -0.25) is 9.36 Å². The third kappa shape index (κ3) is 3.53. The first-order valence-corrected chi connectivity index (χ1v) is 10.4. The lowest BCUT2D eigenvalue weighted by Gasteiger charge is -2.32. The van der Waals surface area contributed by atoms with E-state index in [1.165, 1.54) is 0 Å². The van der Waals surface area contributed by atoms with Crippen LogP contribution < -0.4 is 10.5 Å². The van der Waals surface area contributed by atoms with Crippen molar-refractivity contribution in [3.05, 3.63) is 28.4 Å². The number of aryl methyl sites for hydroxylation is 1. The van der Waals surface area contributed by atoms with Gasteiger partial charge in [0.15, 0.2) is 0 Å². The number of aliphatic hydroxyl groups is 1. The molecule has 7 heteroatoms. The monoisotopic (exact) mass is 385 g/mol. The van der Waals surface area contributed by atoms with Crippen molar-refractivity contribution in [3.63, 3.8) is 0 Å². The molecular weight excluding hydrogens is 354 g/mol. The van der Waals surface area contributed by atoms with E-state index in [9.17, 15) is 9.90 Å². The van der Waals surface area contributed by atoms with Crippen molar-refractivity contribution in [2.45, 2.75) is 52.6 Å². The Balaban J connectivity index is 1.78. The van der Waals surface area contributed by atoms with Gasteiger partial charge < -0.3 is 14.9 Å². The van der Waals surface area contributed by atoms with Gasteiger partial charge in [-0.2, -0.15) is 0 Å². The van der Waals surface area contributed by atoms with Gasteiger partial charge in [0.1, 0.15) is 11.6 Å². The molecule has 0 unspecified atom stereocenters. The van der Waals surface area contributed by atoms with Gasteiger partial charge in [-0.25, -0.2) is 9.97 Å². The van der Waals surface area contributed by atoms with Crippen molar-refractivity contribution in [2.75, 3.05) is 37.7 Å². The number of anilines is 1. The van der Waals surface area contributed by atoms with Crippen molar-refractivity contribution < 1.29 is 5.11 Å². The fourth-order valence-electron chi connectivity index (χ4n) is 4.42. The number of nitrogens with zero attached hydrogens (tertiary/aromatic N) is 5. The summed E-state index contributed by atoms with van der Waals surface area (Å²) in [6.07, 6.45) is 4.73. The molecule has 1 N–H and O–H groups in total. The molecule has 5 heterocycles. The molecule has 3 fully saturated rings. The van der Waals surface area contributed by atoms with E-state index >= 15 is 0 Å². The van der Waals surface area contributed by atoms with Crippen LogP contribution in [0.1, 0.15) is 39.4 Å². The summed E-state index contributed by atoms with van der Waals surface area (Å²) in [4.78, 5) is 27.6. The Bertz CT molecular complexity index is 915. The summed E-state index contributed by atoms with van der Waals surface area (Å²) in [5.41, 5.74) is 0.248. The molecule has 0 atom stereocenters. The lowest BCUT2D eigenvalue weighted by molar-refractivity contribution is 0.138. The van der Waals surface area contributed by atoms with Gasteiger partial charge in [-0.1, -0.05) is 20.8 Å². The standard InChI is InChI=1S/C21H31N5O2/c1-4-18-23-17-12-22-19(25-10-9-24-7-5-15(25)6-8-24)11-16(17)20(28)26(18)13-21(2,3)14-27/h11-12,15,27H,4-10,13-14H2,1-3H3. The van der Waals surface area contributed by atoms with Crippen molar-refractivity contribution in [2.24, 2.45) is 5.41 Å². The molecule has 0 saturated carbocycles. The van der Waals surface area contributed by atoms with Gasteiger partial charge in [0.25, 0.3) is 5.56 Å². The Morgan fingerprint density at radius 1 is 1.21 bits per heavy atom. The molecule has 28 heavy (non-hydrogen) atoms. The van der Waals surface area contributed by atoms with E-state index in [1.807, 2.05) is 26.8 Å². The molecule has 0 aromatic carbocycles. The van der Waals surface area contributed by atoms with Gasteiger partial charge >= 0.3 is 0 Å². The van der Waals surface area contributed by atoms with Gasteiger partial charge in [0.05, 0.1) is 17.1 Å². The minimum Gasteiger partial charge on any atom is -0.396 e.